The van der Waals surface area contributed by atoms with Gasteiger partial charge in [0, 0.05) is 18.3 Å². The molecule has 4 nitrogen and oxygen atoms in total. The van der Waals surface area contributed by atoms with Gasteiger partial charge in [0.25, 0.3) is 0 Å². The van der Waals surface area contributed by atoms with E-state index in [4.69, 9.17) is 0 Å². The summed E-state index contributed by atoms with van der Waals surface area (Å²) < 4.78 is 43.5. The molecule has 146 valence electrons. The molecule has 2 aromatic carbocycles. The second-order valence-corrected chi connectivity index (χ2v) is 5.97. The first kappa shape index (κ1) is 21.1. The highest BCUT2D eigenvalue weighted by atomic mass is 32.1. The zero-order chi connectivity index (χ0) is 18.7. The fraction of sp³-hybridized carbons (Fsp3) is 0.263. The van der Waals surface area contributed by atoms with Gasteiger partial charge in [-0.25, -0.2) is 0 Å². The lowest BCUT2D eigenvalue weighted by Gasteiger charge is -2.26. The molecule has 3 rings (SSSR count). The van der Waals surface area contributed by atoms with Gasteiger partial charge in [0.05, 0.1) is 12.1 Å². The number of aliphatic hydroxyl groups is 1. The second-order valence-electron chi connectivity index (χ2n) is 5.97. The molecule has 1 aromatic heterocycles. The zero-order valence-corrected chi connectivity index (χ0v) is 15.6. The predicted molar refractivity (Wildman–Crippen MR) is 104 cm³/mol. The molecule has 0 amide bonds. The Hall–Kier alpha value is -2.16. The van der Waals surface area contributed by atoms with Crippen LogP contribution in [0.1, 0.15) is 11.6 Å². The van der Waals surface area contributed by atoms with Crippen LogP contribution < -0.4 is 10.1 Å². The van der Waals surface area contributed by atoms with E-state index in [9.17, 15) is 18.3 Å². The van der Waals surface area contributed by atoms with Crippen molar-refractivity contribution in [3.8, 4) is 5.75 Å². The number of nitrogens with zero attached hydrogens (tertiary/aromatic N) is 1. The summed E-state index contributed by atoms with van der Waals surface area (Å²) in [6.07, 6.45) is -3.79. The third-order valence-electron chi connectivity index (χ3n) is 4.14. The molecule has 3 aromatic rings. The summed E-state index contributed by atoms with van der Waals surface area (Å²) >= 11 is 0. The van der Waals surface area contributed by atoms with Gasteiger partial charge < -0.3 is 19.7 Å². The van der Waals surface area contributed by atoms with Crippen LogP contribution in [0.2, 0.25) is 0 Å². The van der Waals surface area contributed by atoms with Gasteiger partial charge in [0.1, 0.15) is 5.75 Å². The minimum atomic E-state index is -4.77. The van der Waals surface area contributed by atoms with Crippen LogP contribution in [0.25, 0.3) is 10.9 Å². The molecular formula is C19H21F3N2O2S. The monoisotopic (exact) mass is 398 g/mol. The summed E-state index contributed by atoms with van der Waals surface area (Å²) in [5.74, 6) is -0.312. The number of benzene rings is 2. The van der Waals surface area contributed by atoms with Crippen LogP contribution in [0.3, 0.4) is 0 Å². The quantitative estimate of drug-likeness (QED) is 0.664. The van der Waals surface area contributed by atoms with Gasteiger partial charge in [-0.2, -0.15) is 13.5 Å². The second kappa shape index (κ2) is 8.69. The highest BCUT2D eigenvalue weighted by molar-refractivity contribution is 7.59. The lowest BCUT2D eigenvalue weighted by molar-refractivity contribution is -0.274. The van der Waals surface area contributed by atoms with E-state index in [0.29, 0.717) is 5.56 Å². The fourth-order valence-corrected chi connectivity index (χ4v) is 3.13. The summed E-state index contributed by atoms with van der Waals surface area (Å²) in [7, 11) is 1.71. The number of hydrogen-bond acceptors (Lipinski definition) is 3. The molecule has 2 N–H and O–H groups in total. The van der Waals surface area contributed by atoms with Crippen molar-refractivity contribution in [1.29, 1.82) is 0 Å². The van der Waals surface area contributed by atoms with E-state index in [1.54, 1.807) is 13.1 Å². The smallest absolute Gasteiger partial charge is 0.406 e. The van der Waals surface area contributed by atoms with E-state index in [-0.39, 0.29) is 25.8 Å². The minimum Gasteiger partial charge on any atom is -0.406 e. The summed E-state index contributed by atoms with van der Waals surface area (Å²) in [5.41, 5.74) is 1.41. The van der Waals surface area contributed by atoms with E-state index in [2.05, 4.69) is 10.1 Å². The first-order valence-corrected chi connectivity index (χ1v) is 8.13. The molecule has 0 bridgehead atoms. The molecule has 1 heterocycles. The lowest BCUT2D eigenvalue weighted by Crippen LogP contribution is -2.33. The van der Waals surface area contributed by atoms with Crippen LogP contribution in [0.15, 0.2) is 60.8 Å². The molecule has 0 unspecified atom stereocenters. The SMILES string of the molecule is CNC[C@@H](O)[C@H](c1cccc(OC(F)(F)F)c1)n1ccc2ccccc21.S. The molecule has 0 fully saturated rings. The maximum atomic E-state index is 12.5. The Morgan fingerprint density at radius 3 is 2.56 bits per heavy atom. The highest BCUT2D eigenvalue weighted by Crippen LogP contribution is 2.31. The Morgan fingerprint density at radius 2 is 1.85 bits per heavy atom. The van der Waals surface area contributed by atoms with Crippen molar-refractivity contribution in [1.82, 2.24) is 9.88 Å². The van der Waals surface area contributed by atoms with Gasteiger partial charge in [0.2, 0.25) is 0 Å². The number of halogens is 3. The number of fused-ring (bicyclic) bond motifs is 1. The molecule has 0 saturated carbocycles. The fourth-order valence-electron chi connectivity index (χ4n) is 3.13. The van der Waals surface area contributed by atoms with Crippen LogP contribution >= 0.6 is 13.5 Å². The molecule has 8 heteroatoms. The molecule has 0 saturated heterocycles. The van der Waals surface area contributed by atoms with E-state index in [1.807, 2.05) is 41.1 Å². The largest absolute Gasteiger partial charge is 0.573 e. The first-order valence-electron chi connectivity index (χ1n) is 8.13. The Kier molecular flexibility index (Phi) is 6.80. The Labute approximate surface area is 162 Å². The Morgan fingerprint density at radius 1 is 1.11 bits per heavy atom. The average molecular weight is 398 g/mol. The van der Waals surface area contributed by atoms with Gasteiger partial charge in [-0.1, -0.05) is 30.3 Å². The number of aromatic nitrogens is 1. The van der Waals surface area contributed by atoms with E-state index in [1.165, 1.54) is 18.2 Å². The number of nitrogens with one attached hydrogen (secondary N) is 1. The van der Waals surface area contributed by atoms with Gasteiger partial charge in [-0.05, 0) is 42.3 Å². The summed E-state index contributed by atoms with van der Waals surface area (Å²) in [4.78, 5) is 0. The number of alkyl halides is 3. The number of para-hydroxylation sites is 1. The summed E-state index contributed by atoms with van der Waals surface area (Å²) in [6.45, 7) is 0.279. The molecule has 0 spiro atoms. The summed E-state index contributed by atoms with van der Waals surface area (Å²) in [6, 6.07) is 14.7. The molecule has 2 atom stereocenters. The zero-order valence-electron chi connectivity index (χ0n) is 14.6. The number of ether oxygens (including phenoxy) is 1. The van der Waals surface area contributed by atoms with Crippen molar-refractivity contribution in [2.45, 2.75) is 18.5 Å². The summed E-state index contributed by atoms with van der Waals surface area (Å²) in [5, 5.41) is 14.6. The van der Waals surface area contributed by atoms with Crippen LogP contribution in [0.5, 0.6) is 5.75 Å². The van der Waals surface area contributed by atoms with Crippen molar-refractivity contribution in [3.63, 3.8) is 0 Å². The average Bonchev–Trinajstić information content (AvgIpc) is 2.98. The standard InChI is InChI=1S/C19H19F3N2O2.H2S/c1-23-12-17(25)18(24-10-9-13-5-2-3-8-16(13)24)14-6-4-7-15(11-14)26-19(20,21)22;/h2-11,17-18,23,25H,12H2,1H3;1H2/t17-,18+;/m1./s1. The molecule has 0 radical (unpaired) electrons. The van der Waals surface area contributed by atoms with Crippen molar-refractivity contribution < 1.29 is 23.0 Å². The highest BCUT2D eigenvalue weighted by Gasteiger charge is 2.32. The number of rotatable bonds is 6. The van der Waals surface area contributed by atoms with Crippen LogP contribution in [-0.4, -0.2) is 35.7 Å². The van der Waals surface area contributed by atoms with Crippen molar-refractivity contribution in [3.05, 3.63) is 66.4 Å². The van der Waals surface area contributed by atoms with E-state index < -0.39 is 18.5 Å². The predicted octanol–water partition coefficient (Wildman–Crippen LogP) is 3.82. The lowest BCUT2D eigenvalue weighted by atomic mass is 10.00. The minimum absolute atomic E-state index is 0. The third kappa shape index (κ3) is 4.97. The van der Waals surface area contributed by atoms with Crippen molar-refractivity contribution >= 4 is 24.4 Å². The number of likely N-dealkylation sites (N-methyl/N-ethyl adjacent to an activating group) is 1. The maximum absolute atomic E-state index is 12.5. The van der Waals surface area contributed by atoms with Crippen LogP contribution in [-0.2, 0) is 0 Å². The first-order chi connectivity index (χ1) is 12.4. The van der Waals surface area contributed by atoms with Crippen molar-refractivity contribution in [2.24, 2.45) is 0 Å². The molecular weight excluding hydrogens is 377 g/mol. The number of aliphatic hydroxyl groups excluding tert-OH is 1. The van der Waals surface area contributed by atoms with Crippen molar-refractivity contribution in [2.75, 3.05) is 13.6 Å². The van der Waals surface area contributed by atoms with E-state index in [0.717, 1.165) is 10.9 Å². The molecule has 27 heavy (non-hydrogen) atoms. The molecule has 0 aliphatic rings. The Bertz CT molecular complexity index is 883. The van der Waals surface area contributed by atoms with Gasteiger partial charge in [-0.3, -0.25) is 0 Å². The topological polar surface area (TPSA) is 46.4 Å². The van der Waals surface area contributed by atoms with Gasteiger partial charge >= 0.3 is 6.36 Å². The third-order valence-corrected chi connectivity index (χ3v) is 4.14. The maximum Gasteiger partial charge on any atom is 0.573 e. The number of hydrogen-bond donors (Lipinski definition) is 2. The molecule has 0 aliphatic carbocycles. The van der Waals surface area contributed by atoms with Crippen LogP contribution in [0, 0.1) is 0 Å². The van der Waals surface area contributed by atoms with E-state index >= 15 is 0 Å². The van der Waals surface area contributed by atoms with Crippen LogP contribution in [0.4, 0.5) is 13.2 Å². The van der Waals surface area contributed by atoms with Gasteiger partial charge in [-0.15, -0.1) is 13.2 Å². The molecule has 0 aliphatic heterocycles. The van der Waals surface area contributed by atoms with Gasteiger partial charge in [0.15, 0.2) is 0 Å². The Balaban J connectivity index is 0.00000261. The normalized spacial score (nSPS) is 13.8.